The van der Waals surface area contributed by atoms with E-state index in [1.54, 1.807) is 6.07 Å². The Morgan fingerprint density at radius 3 is 2.56 bits per heavy atom. The van der Waals surface area contributed by atoms with Gasteiger partial charge in [0.25, 0.3) is 0 Å². The van der Waals surface area contributed by atoms with Crippen molar-refractivity contribution in [1.29, 1.82) is 5.26 Å². The first-order chi connectivity index (χ1) is 8.23. The second-order valence-corrected chi connectivity index (χ2v) is 5.09. The molecule has 1 N–H and O–H groups in total. The summed E-state index contributed by atoms with van der Waals surface area (Å²) in [7, 11) is 0. The highest BCUT2D eigenvalue weighted by atomic mass is 79.9. The van der Waals surface area contributed by atoms with Crippen LogP contribution in [0.5, 0.6) is 0 Å². The second-order valence-electron chi connectivity index (χ2n) is 3.19. The molecule has 0 amide bonds. The predicted molar refractivity (Wildman–Crippen MR) is 62.1 cm³/mol. The van der Waals surface area contributed by atoms with Gasteiger partial charge in [0.15, 0.2) is 0 Å². The van der Waals surface area contributed by atoms with Gasteiger partial charge in [0.05, 0.1) is 12.0 Å². The zero-order valence-electron chi connectivity index (χ0n) is 8.58. The molecular weight excluding hydrogens is 335 g/mol. The smallest absolute Gasteiger partial charge is 0.446 e. The van der Waals surface area contributed by atoms with Crippen LogP contribution in [0.25, 0.3) is 0 Å². The maximum absolute atomic E-state index is 12.3. The molecule has 3 nitrogen and oxygen atoms in total. The van der Waals surface area contributed by atoms with Crippen molar-refractivity contribution in [1.82, 2.24) is 0 Å². The Kier molecular flexibility index (Phi) is 4.65. The molecular formula is C10H5BrF3NO2S. The number of carboxylic acid groups (broad SMARTS) is 1. The Morgan fingerprint density at radius 1 is 1.50 bits per heavy atom. The molecule has 0 saturated carbocycles. The van der Waals surface area contributed by atoms with E-state index < -0.39 is 29.7 Å². The highest BCUT2D eigenvalue weighted by Crippen LogP contribution is 2.41. The van der Waals surface area contributed by atoms with Crippen LogP contribution in [0.2, 0.25) is 0 Å². The molecule has 8 heteroatoms. The molecule has 1 aromatic rings. The van der Waals surface area contributed by atoms with Gasteiger partial charge < -0.3 is 5.11 Å². The van der Waals surface area contributed by atoms with Crippen molar-refractivity contribution in [2.45, 2.75) is 16.8 Å². The Balaban J connectivity index is 3.24. The normalized spacial score (nSPS) is 11.1. The number of nitriles is 1. The molecule has 0 saturated heterocycles. The molecule has 0 aliphatic carbocycles. The number of hydrogen-bond acceptors (Lipinski definition) is 3. The molecule has 0 aliphatic heterocycles. The first-order valence-electron chi connectivity index (χ1n) is 4.43. The fourth-order valence-electron chi connectivity index (χ4n) is 1.21. The van der Waals surface area contributed by atoms with E-state index in [9.17, 15) is 18.0 Å². The minimum atomic E-state index is -4.50. The Hall–Kier alpha value is -1.20. The number of alkyl halides is 3. The van der Waals surface area contributed by atoms with Crippen molar-refractivity contribution in [3.05, 3.63) is 27.7 Å². The van der Waals surface area contributed by atoms with Crippen LogP contribution >= 0.6 is 27.7 Å². The molecule has 18 heavy (non-hydrogen) atoms. The lowest BCUT2D eigenvalue weighted by Gasteiger charge is -2.10. The summed E-state index contributed by atoms with van der Waals surface area (Å²) >= 11 is 2.51. The van der Waals surface area contributed by atoms with Gasteiger partial charge in [-0.3, -0.25) is 4.79 Å². The van der Waals surface area contributed by atoms with Crippen molar-refractivity contribution in [2.75, 3.05) is 0 Å². The third-order valence-electron chi connectivity index (χ3n) is 1.80. The summed E-state index contributed by atoms with van der Waals surface area (Å²) in [4.78, 5) is 10.3. The van der Waals surface area contributed by atoms with Crippen LogP contribution in [0.1, 0.15) is 11.1 Å². The van der Waals surface area contributed by atoms with Crippen molar-refractivity contribution >= 4 is 33.7 Å². The third kappa shape index (κ3) is 4.23. The summed E-state index contributed by atoms with van der Waals surface area (Å²) in [5, 5.41) is 17.4. The molecule has 1 rings (SSSR count). The lowest BCUT2D eigenvalue weighted by atomic mass is 10.1. The number of carboxylic acids is 1. The summed E-state index contributed by atoms with van der Waals surface area (Å²) in [6.07, 6.45) is -0.437. The number of thioether (sulfide) groups is 1. The lowest BCUT2D eigenvalue weighted by molar-refractivity contribution is -0.136. The van der Waals surface area contributed by atoms with Gasteiger partial charge >= 0.3 is 11.5 Å². The Bertz CT molecular complexity index is 525. The molecule has 0 radical (unpaired) electrons. The first-order valence-corrected chi connectivity index (χ1v) is 6.04. The van der Waals surface area contributed by atoms with Gasteiger partial charge in [-0.1, -0.05) is 0 Å². The minimum Gasteiger partial charge on any atom is -0.481 e. The standard InChI is InChI=1S/C10H5BrF3NO2S/c11-9-6(4-15)1-5(3-8(16)17)2-7(9)18-10(12,13)14/h1-2H,3H2,(H,16,17). The van der Waals surface area contributed by atoms with E-state index >= 15 is 0 Å². The molecule has 0 atom stereocenters. The maximum atomic E-state index is 12.3. The van der Waals surface area contributed by atoms with Gasteiger partial charge in [0.2, 0.25) is 0 Å². The van der Waals surface area contributed by atoms with Crippen molar-refractivity contribution < 1.29 is 23.1 Å². The van der Waals surface area contributed by atoms with Gasteiger partial charge in [0, 0.05) is 9.37 Å². The highest BCUT2D eigenvalue weighted by molar-refractivity contribution is 9.10. The number of halogens is 4. The monoisotopic (exact) mass is 339 g/mol. The van der Waals surface area contributed by atoms with Crippen LogP contribution in [0.3, 0.4) is 0 Å². The number of carbonyl (C=O) groups is 1. The predicted octanol–water partition coefficient (Wildman–Crippen LogP) is 3.56. The fraction of sp³-hybridized carbons (Fsp3) is 0.200. The SMILES string of the molecule is N#Cc1cc(CC(=O)O)cc(SC(F)(F)F)c1Br. The number of rotatable bonds is 3. The average Bonchev–Trinajstić information content (AvgIpc) is 2.19. The van der Waals surface area contributed by atoms with Crippen LogP contribution in [0.4, 0.5) is 13.2 Å². The average molecular weight is 340 g/mol. The molecule has 0 spiro atoms. The van der Waals surface area contributed by atoms with Crippen molar-refractivity contribution in [3.63, 3.8) is 0 Å². The number of nitrogens with zero attached hydrogens (tertiary/aromatic N) is 1. The van der Waals surface area contributed by atoms with E-state index in [2.05, 4.69) is 15.9 Å². The largest absolute Gasteiger partial charge is 0.481 e. The van der Waals surface area contributed by atoms with Crippen LogP contribution in [-0.2, 0) is 11.2 Å². The van der Waals surface area contributed by atoms with E-state index in [4.69, 9.17) is 10.4 Å². The topological polar surface area (TPSA) is 61.1 Å². The molecule has 0 aliphatic rings. The zero-order valence-corrected chi connectivity index (χ0v) is 11.0. The molecule has 0 bridgehead atoms. The lowest BCUT2D eigenvalue weighted by Crippen LogP contribution is -2.03. The quantitative estimate of drug-likeness (QED) is 0.855. The van der Waals surface area contributed by atoms with Crippen LogP contribution < -0.4 is 0 Å². The number of benzene rings is 1. The Morgan fingerprint density at radius 2 is 2.11 bits per heavy atom. The summed E-state index contributed by atoms with van der Waals surface area (Å²) < 4.78 is 36.9. The molecule has 0 unspecified atom stereocenters. The molecule has 96 valence electrons. The van der Waals surface area contributed by atoms with Gasteiger partial charge in [-0.2, -0.15) is 18.4 Å². The fourth-order valence-corrected chi connectivity index (χ4v) is 2.43. The Labute approximate surface area is 113 Å². The van der Waals surface area contributed by atoms with E-state index in [0.717, 1.165) is 6.07 Å². The number of hydrogen-bond donors (Lipinski definition) is 1. The molecule has 0 fully saturated rings. The molecule has 0 heterocycles. The molecule has 0 aromatic heterocycles. The summed E-state index contributed by atoms with van der Waals surface area (Å²) in [6.45, 7) is 0. The number of aliphatic carboxylic acids is 1. The van der Waals surface area contributed by atoms with E-state index in [1.807, 2.05) is 0 Å². The van der Waals surface area contributed by atoms with Gasteiger partial charge in [0.1, 0.15) is 6.07 Å². The summed E-state index contributed by atoms with van der Waals surface area (Å²) in [5.74, 6) is -1.18. The van der Waals surface area contributed by atoms with Gasteiger partial charge in [-0.15, -0.1) is 0 Å². The van der Waals surface area contributed by atoms with Crippen molar-refractivity contribution in [2.24, 2.45) is 0 Å². The summed E-state index contributed by atoms with van der Waals surface area (Å²) in [6, 6.07) is 4.07. The second kappa shape index (κ2) is 5.63. The van der Waals surface area contributed by atoms with Crippen LogP contribution in [-0.4, -0.2) is 16.6 Å². The van der Waals surface area contributed by atoms with E-state index in [1.165, 1.54) is 6.07 Å². The first kappa shape index (κ1) is 14.9. The highest BCUT2D eigenvalue weighted by Gasteiger charge is 2.31. The van der Waals surface area contributed by atoms with Crippen LogP contribution in [0.15, 0.2) is 21.5 Å². The van der Waals surface area contributed by atoms with Gasteiger partial charge in [-0.25, -0.2) is 0 Å². The van der Waals surface area contributed by atoms with Gasteiger partial charge in [-0.05, 0) is 45.4 Å². The summed E-state index contributed by atoms with van der Waals surface area (Å²) in [5.41, 5.74) is -4.38. The minimum absolute atomic E-state index is 0.0152. The van der Waals surface area contributed by atoms with Crippen LogP contribution in [0, 0.1) is 11.3 Å². The third-order valence-corrected chi connectivity index (χ3v) is 3.69. The maximum Gasteiger partial charge on any atom is 0.446 e. The van der Waals surface area contributed by atoms with Crippen molar-refractivity contribution in [3.8, 4) is 6.07 Å². The zero-order chi connectivity index (χ0) is 13.9. The van der Waals surface area contributed by atoms with E-state index in [0.29, 0.717) is 0 Å². The van der Waals surface area contributed by atoms with E-state index in [-0.39, 0.29) is 20.5 Å². The molecule has 1 aromatic carbocycles.